The van der Waals surface area contributed by atoms with Gasteiger partial charge in [0.1, 0.15) is 0 Å². The lowest BCUT2D eigenvalue weighted by Gasteiger charge is -2.28. The van der Waals surface area contributed by atoms with Gasteiger partial charge in [0.25, 0.3) is 0 Å². The highest BCUT2D eigenvalue weighted by Crippen LogP contribution is 2.29. The van der Waals surface area contributed by atoms with Crippen LogP contribution in [-0.4, -0.2) is 11.9 Å². The van der Waals surface area contributed by atoms with Crippen LogP contribution >= 0.6 is 0 Å². The van der Waals surface area contributed by atoms with E-state index in [4.69, 9.17) is 0 Å². The summed E-state index contributed by atoms with van der Waals surface area (Å²) in [6.07, 6.45) is 2.17. The summed E-state index contributed by atoms with van der Waals surface area (Å²) in [6.45, 7) is 12.5. The predicted molar refractivity (Wildman–Crippen MR) is 61.1 cm³/mol. The molecule has 1 aliphatic rings. The second-order valence-corrected chi connectivity index (χ2v) is 4.87. The first-order valence-corrected chi connectivity index (χ1v) is 5.71. The largest absolute Gasteiger partial charge is 0.353 e. The Morgan fingerprint density at radius 2 is 1.71 bits per heavy atom. The zero-order valence-electron chi connectivity index (χ0n) is 10.5. The third-order valence-corrected chi connectivity index (χ3v) is 2.61. The van der Waals surface area contributed by atoms with Gasteiger partial charge in [0, 0.05) is 12.0 Å². The molecule has 0 heterocycles. The molecular formula is C12H25NO. The average molecular weight is 199 g/mol. The van der Waals surface area contributed by atoms with E-state index in [1.54, 1.807) is 0 Å². The Hall–Kier alpha value is -0.530. The summed E-state index contributed by atoms with van der Waals surface area (Å²) in [5, 5.41) is 3.04. The third kappa shape index (κ3) is 4.64. The van der Waals surface area contributed by atoms with Crippen LogP contribution in [0.25, 0.3) is 0 Å². The summed E-state index contributed by atoms with van der Waals surface area (Å²) in [5.74, 6) is 0.576. The number of carbonyl (C=O) groups is 1. The van der Waals surface area contributed by atoms with Gasteiger partial charge in [-0.2, -0.15) is 0 Å². The SMILES string of the molecule is CC.CC(NC(=O)C1CC1)C(C)(C)C. The molecule has 2 heteroatoms. The number of hydrogen-bond donors (Lipinski definition) is 1. The highest BCUT2D eigenvalue weighted by atomic mass is 16.2. The molecule has 0 aromatic heterocycles. The van der Waals surface area contributed by atoms with E-state index in [2.05, 4.69) is 33.0 Å². The normalized spacial score (nSPS) is 17.9. The zero-order valence-corrected chi connectivity index (χ0v) is 10.5. The fourth-order valence-corrected chi connectivity index (χ4v) is 0.893. The van der Waals surface area contributed by atoms with Crippen LogP contribution in [0.4, 0.5) is 0 Å². The third-order valence-electron chi connectivity index (χ3n) is 2.61. The minimum Gasteiger partial charge on any atom is -0.353 e. The molecule has 1 unspecified atom stereocenters. The highest BCUT2D eigenvalue weighted by Gasteiger charge is 2.32. The van der Waals surface area contributed by atoms with Crippen LogP contribution in [0, 0.1) is 11.3 Å². The van der Waals surface area contributed by atoms with E-state index in [1.165, 1.54) is 0 Å². The summed E-state index contributed by atoms with van der Waals surface area (Å²) in [7, 11) is 0. The van der Waals surface area contributed by atoms with Crippen LogP contribution in [0.5, 0.6) is 0 Å². The minimum atomic E-state index is 0.171. The maximum atomic E-state index is 11.4. The maximum absolute atomic E-state index is 11.4. The fourth-order valence-electron chi connectivity index (χ4n) is 0.893. The van der Waals surface area contributed by atoms with E-state index in [9.17, 15) is 4.79 Å². The number of amides is 1. The van der Waals surface area contributed by atoms with Crippen molar-refractivity contribution in [1.82, 2.24) is 5.32 Å². The number of rotatable bonds is 2. The Balaban J connectivity index is 0.000000791. The van der Waals surface area contributed by atoms with E-state index in [0.29, 0.717) is 5.92 Å². The molecule has 0 aromatic rings. The monoisotopic (exact) mass is 199 g/mol. The van der Waals surface area contributed by atoms with E-state index < -0.39 is 0 Å². The van der Waals surface area contributed by atoms with Crippen molar-refractivity contribution < 1.29 is 4.79 Å². The van der Waals surface area contributed by atoms with Gasteiger partial charge in [-0.05, 0) is 25.2 Å². The number of nitrogens with one attached hydrogen (secondary N) is 1. The van der Waals surface area contributed by atoms with Gasteiger partial charge in [-0.1, -0.05) is 34.6 Å². The van der Waals surface area contributed by atoms with Gasteiger partial charge in [0.2, 0.25) is 5.91 Å². The summed E-state index contributed by atoms with van der Waals surface area (Å²) in [6, 6.07) is 0.269. The van der Waals surface area contributed by atoms with Crippen LogP contribution < -0.4 is 5.32 Å². The smallest absolute Gasteiger partial charge is 0.223 e. The van der Waals surface area contributed by atoms with E-state index in [1.807, 2.05) is 13.8 Å². The van der Waals surface area contributed by atoms with E-state index >= 15 is 0 Å². The molecule has 0 radical (unpaired) electrons. The van der Waals surface area contributed by atoms with Crippen LogP contribution in [0.3, 0.4) is 0 Å². The maximum Gasteiger partial charge on any atom is 0.223 e. The molecule has 1 rings (SSSR count). The first-order chi connectivity index (χ1) is 6.41. The molecule has 0 aromatic carbocycles. The number of carbonyl (C=O) groups excluding carboxylic acids is 1. The summed E-state index contributed by atoms with van der Waals surface area (Å²) in [5.41, 5.74) is 0.171. The first kappa shape index (κ1) is 13.5. The predicted octanol–water partition coefficient (Wildman–Crippen LogP) is 2.97. The minimum absolute atomic E-state index is 0.171. The van der Waals surface area contributed by atoms with Gasteiger partial charge in [0.15, 0.2) is 0 Å². The Labute approximate surface area is 88.5 Å². The van der Waals surface area contributed by atoms with Gasteiger partial charge < -0.3 is 5.32 Å². The van der Waals surface area contributed by atoms with Crippen molar-refractivity contribution >= 4 is 5.91 Å². The molecule has 0 aliphatic heterocycles. The lowest BCUT2D eigenvalue weighted by Crippen LogP contribution is -2.42. The topological polar surface area (TPSA) is 29.1 Å². The molecule has 1 amide bonds. The fraction of sp³-hybridized carbons (Fsp3) is 0.917. The van der Waals surface area contributed by atoms with Crippen molar-refractivity contribution in [3.63, 3.8) is 0 Å². The molecule has 0 bridgehead atoms. The molecule has 1 N–H and O–H groups in total. The average Bonchev–Trinajstić information content (AvgIpc) is 2.88. The number of hydrogen-bond acceptors (Lipinski definition) is 1. The van der Waals surface area contributed by atoms with Gasteiger partial charge >= 0.3 is 0 Å². The van der Waals surface area contributed by atoms with Crippen molar-refractivity contribution in [3.8, 4) is 0 Å². The molecule has 0 saturated heterocycles. The summed E-state index contributed by atoms with van der Waals surface area (Å²) in [4.78, 5) is 11.4. The molecule has 84 valence electrons. The van der Waals surface area contributed by atoms with Crippen LogP contribution in [-0.2, 0) is 4.79 Å². The summed E-state index contributed by atoms with van der Waals surface area (Å²) >= 11 is 0. The van der Waals surface area contributed by atoms with Crippen LogP contribution in [0.15, 0.2) is 0 Å². The molecule has 1 fully saturated rings. The molecule has 1 saturated carbocycles. The second kappa shape index (κ2) is 5.38. The Morgan fingerprint density at radius 1 is 1.29 bits per heavy atom. The Kier molecular flexibility index (Phi) is 5.17. The standard InChI is InChI=1S/C10H19NO.C2H6/c1-7(10(2,3)4)11-9(12)8-5-6-8;1-2/h7-8H,5-6H2,1-4H3,(H,11,12);1-2H3. The van der Waals surface area contributed by atoms with Crippen LogP contribution in [0.1, 0.15) is 54.4 Å². The zero-order chi connectivity index (χ0) is 11.4. The van der Waals surface area contributed by atoms with E-state index in [0.717, 1.165) is 12.8 Å². The molecule has 1 atom stereocenters. The van der Waals surface area contributed by atoms with Crippen molar-refractivity contribution in [2.75, 3.05) is 0 Å². The quantitative estimate of drug-likeness (QED) is 0.728. The van der Waals surface area contributed by atoms with Crippen molar-refractivity contribution in [2.24, 2.45) is 11.3 Å². The lowest BCUT2D eigenvalue weighted by atomic mass is 9.88. The van der Waals surface area contributed by atoms with Crippen molar-refractivity contribution in [2.45, 2.75) is 60.4 Å². The first-order valence-electron chi connectivity index (χ1n) is 5.71. The molecule has 1 aliphatic carbocycles. The van der Waals surface area contributed by atoms with Gasteiger partial charge in [0.05, 0.1) is 0 Å². The van der Waals surface area contributed by atoms with Crippen LogP contribution in [0.2, 0.25) is 0 Å². The van der Waals surface area contributed by atoms with Crippen molar-refractivity contribution in [1.29, 1.82) is 0 Å². The molecule has 2 nitrogen and oxygen atoms in total. The van der Waals surface area contributed by atoms with E-state index in [-0.39, 0.29) is 17.4 Å². The molecule has 14 heavy (non-hydrogen) atoms. The van der Waals surface area contributed by atoms with Gasteiger partial charge in [-0.3, -0.25) is 4.79 Å². The lowest BCUT2D eigenvalue weighted by molar-refractivity contribution is -0.123. The molecule has 0 spiro atoms. The van der Waals surface area contributed by atoms with Crippen molar-refractivity contribution in [3.05, 3.63) is 0 Å². The Morgan fingerprint density at radius 3 is 2.00 bits per heavy atom. The van der Waals surface area contributed by atoms with Gasteiger partial charge in [-0.15, -0.1) is 0 Å². The van der Waals surface area contributed by atoms with Gasteiger partial charge in [-0.25, -0.2) is 0 Å². The second-order valence-electron chi connectivity index (χ2n) is 4.87. The molecular weight excluding hydrogens is 174 g/mol. The Bertz CT molecular complexity index is 177. The highest BCUT2D eigenvalue weighted by molar-refractivity contribution is 5.81. The summed E-state index contributed by atoms with van der Waals surface area (Å²) < 4.78 is 0.